The summed E-state index contributed by atoms with van der Waals surface area (Å²) in [6, 6.07) is 6.17. The van der Waals surface area contributed by atoms with E-state index in [2.05, 4.69) is 25.7 Å². The van der Waals surface area contributed by atoms with Gasteiger partial charge in [-0.15, -0.1) is 0 Å². The quantitative estimate of drug-likeness (QED) is 0.798. The first kappa shape index (κ1) is 17.1. The highest BCUT2D eigenvalue weighted by atomic mass is 32.2. The molecule has 6 heteroatoms. The van der Waals surface area contributed by atoms with Crippen LogP contribution in [-0.4, -0.2) is 55.1 Å². The largest absolute Gasteiger partial charge is 0.296 e. The summed E-state index contributed by atoms with van der Waals surface area (Å²) < 4.78 is 26.8. The van der Waals surface area contributed by atoms with Crippen molar-refractivity contribution in [3.8, 4) is 0 Å². The normalized spacial score (nSPS) is 18.4. The van der Waals surface area contributed by atoms with Crippen molar-refractivity contribution in [2.24, 2.45) is 0 Å². The van der Waals surface area contributed by atoms with Gasteiger partial charge in [0, 0.05) is 37.3 Å². The minimum atomic E-state index is -3.48. The first-order valence-electron chi connectivity index (χ1n) is 7.48. The average Bonchev–Trinajstić information content (AvgIpc) is 2.46. The van der Waals surface area contributed by atoms with E-state index in [0.29, 0.717) is 18.7 Å². The molecule has 0 bridgehead atoms. The summed E-state index contributed by atoms with van der Waals surface area (Å²) in [7, 11) is -3.48. The number of ketones is 1. The van der Waals surface area contributed by atoms with Gasteiger partial charge in [-0.05, 0) is 39.8 Å². The minimum absolute atomic E-state index is 0.0546. The molecule has 2 rings (SSSR count). The smallest absolute Gasteiger partial charge is 0.243 e. The summed E-state index contributed by atoms with van der Waals surface area (Å²) in [4.78, 5) is 13.8. The van der Waals surface area contributed by atoms with Crippen molar-refractivity contribution in [3.05, 3.63) is 29.8 Å². The Labute approximate surface area is 133 Å². The molecule has 0 unspecified atom stereocenters. The topological polar surface area (TPSA) is 57.7 Å². The van der Waals surface area contributed by atoms with Crippen LogP contribution in [0.3, 0.4) is 0 Å². The number of piperazine rings is 1. The minimum Gasteiger partial charge on any atom is -0.296 e. The van der Waals surface area contributed by atoms with Crippen molar-refractivity contribution in [3.63, 3.8) is 0 Å². The van der Waals surface area contributed by atoms with Crippen LogP contribution in [0.1, 0.15) is 38.1 Å². The summed E-state index contributed by atoms with van der Waals surface area (Å²) in [5.74, 6) is -0.0669. The van der Waals surface area contributed by atoms with E-state index in [1.807, 2.05) is 0 Å². The summed E-state index contributed by atoms with van der Waals surface area (Å²) in [5, 5.41) is 0. The number of benzene rings is 1. The van der Waals surface area contributed by atoms with Crippen molar-refractivity contribution in [2.75, 3.05) is 26.2 Å². The maximum atomic E-state index is 12.6. The van der Waals surface area contributed by atoms with Gasteiger partial charge >= 0.3 is 0 Å². The Kier molecular flexibility index (Phi) is 4.75. The number of hydrogen-bond acceptors (Lipinski definition) is 4. The first-order chi connectivity index (χ1) is 10.1. The van der Waals surface area contributed by atoms with Gasteiger partial charge in [-0.25, -0.2) is 8.42 Å². The Morgan fingerprint density at radius 2 is 1.50 bits per heavy atom. The maximum absolute atomic E-state index is 12.6. The SMILES string of the molecule is CC(=O)c1ccc(S(=O)(=O)N2CCN(C(C)(C)C)CC2)cc1. The van der Waals surface area contributed by atoms with Crippen LogP contribution in [0.4, 0.5) is 0 Å². The molecule has 0 aromatic heterocycles. The Bertz CT molecular complexity index is 637. The van der Waals surface area contributed by atoms with E-state index < -0.39 is 10.0 Å². The van der Waals surface area contributed by atoms with Crippen molar-refractivity contribution in [2.45, 2.75) is 38.1 Å². The number of nitrogens with zero attached hydrogens (tertiary/aromatic N) is 2. The lowest BCUT2D eigenvalue weighted by molar-refractivity contribution is 0.0922. The third kappa shape index (κ3) is 3.56. The molecule has 1 aromatic rings. The van der Waals surface area contributed by atoms with Gasteiger partial charge in [0.05, 0.1) is 4.90 Å². The van der Waals surface area contributed by atoms with Gasteiger partial charge in [-0.1, -0.05) is 12.1 Å². The molecule has 0 saturated carbocycles. The number of carbonyl (C=O) groups is 1. The average molecular weight is 324 g/mol. The zero-order valence-corrected chi connectivity index (χ0v) is 14.5. The third-order valence-corrected chi connectivity index (χ3v) is 6.00. The van der Waals surface area contributed by atoms with Gasteiger partial charge in [-0.2, -0.15) is 4.31 Å². The number of hydrogen-bond donors (Lipinski definition) is 0. The van der Waals surface area contributed by atoms with Gasteiger partial charge in [0.15, 0.2) is 5.78 Å². The number of sulfonamides is 1. The second-order valence-electron chi connectivity index (χ2n) is 6.64. The number of carbonyl (C=O) groups excluding carboxylic acids is 1. The van der Waals surface area contributed by atoms with E-state index in [1.165, 1.54) is 23.4 Å². The highest BCUT2D eigenvalue weighted by Crippen LogP contribution is 2.21. The van der Waals surface area contributed by atoms with Crippen molar-refractivity contribution in [1.29, 1.82) is 0 Å². The maximum Gasteiger partial charge on any atom is 0.243 e. The zero-order chi connectivity index (χ0) is 16.5. The summed E-state index contributed by atoms with van der Waals surface area (Å²) in [5.41, 5.74) is 0.579. The van der Waals surface area contributed by atoms with Crippen LogP contribution in [0.5, 0.6) is 0 Å². The summed E-state index contributed by atoms with van der Waals surface area (Å²) >= 11 is 0. The lowest BCUT2D eigenvalue weighted by Crippen LogP contribution is -2.54. The molecule has 5 nitrogen and oxygen atoms in total. The molecule has 122 valence electrons. The molecule has 0 N–H and O–H groups in total. The van der Waals surface area contributed by atoms with Crippen LogP contribution >= 0.6 is 0 Å². The predicted octanol–water partition coefficient (Wildman–Crippen LogP) is 1.99. The van der Waals surface area contributed by atoms with Crippen LogP contribution in [-0.2, 0) is 10.0 Å². The van der Waals surface area contributed by atoms with Gasteiger partial charge in [0.2, 0.25) is 10.0 Å². The Morgan fingerprint density at radius 3 is 1.91 bits per heavy atom. The first-order valence-corrected chi connectivity index (χ1v) is 8.92. The molecule has 0 atom stereocenters. The molecule has 1 aliphatic heterocycles. The van der Waals surface area contributed by atoms with Crippen molar-refractivity contribution in [1.82, 2.24) is 9.21 Å². The van der Waals surface area contributed by atoms with Crippen LogP contribution < -0.4 is 0 Å². The molecular formula is C16H24N2O3S. The standard InChI is InChI=1S/C16H24N2O3S/c1-13(19)14-5-7-15(8-6-14)22(20,21)18-11-9-17(10-12-18)16(2,3)4/h5-8H,9-12H2,1-4H3. The predicted molar refractivity (Wildman–Crippen MR) is 86.5 cm³/mol. The van der Waals surface area contributed by atoms with Crippen LogP contribution in [0.25, 0.3) is 0 Å². The third-order valence-electron chi connectivity index (χ3n) is 4.09. The van der Waals surface area contributed by atoms with Crippen LogP contribution in [0.15, 0.2) is 29.2 Å². The van der Waals surface area contributed by atoms with Gasteiger partial charge < -0.3 is 0 Å². The fourth-order valence-electron chi connectivity index (χ4n) is 2.61. The van der Waals surface area contributed by atoms with Crippen molar-refractivity contribution < 1.29 is 13.2 Å². The van der Waals surface area contributed by atoms with Gasteiger partial charge in [0.1, 0.15) is 0 Å². The van der Waals surface area contributed by atoms with E-state index in [0.717, 1.165) is 13.1 Å². The molecule has 0 spiro atoms. The molecule has 1 heterocycles. The van der Waals surface area contributed by atoms with E-state index in [4.69, 9.17) is 0 Å². The van der Waals surface area contributed by atoms with E-state index in [-0.39, 0.29) is 16.2 Å². The monoisotopic (exact) mass is 324 g/mol. The molecular weight excluding hydrogens is 300 g/mol. The molecule has 0 radical (unpaired) electrons. The molecule has 1 fully saturated rings. The van der Waals surface area contributed by atoms with E-state index >= 15 is 0 Å². The summed E-state index contributed by atoms with van der Waals surface area (Å²) in [6.07, 6.45) is 0. The molecule has 1 saturated heterocycles. The van der Waals surface area contributed by atoms with Gasteiger partial charge in [-0.3, -0.25) is 9.69 Å². The highest BCUT2D eigenvalue weighted by molar-refractivity contribution is 7.89. The summed E-state index contributed by atoms with van der Waals surface area (Å²) in [6.45, 7) is 10.3. The van der Waals surface area contributed by atoms with Crippen molar-refractivity contribution >= 4 is 15.8 Å². The fourth-order valence-corrected chi connectivity index (χ4v) is 4.03. The Morgan fingerprint density at radius 1 is 1.00 bits per heavy atom. The van der Waals surface area contributed by atoms with E-state index in [9.17, 15) is 13.2 Å². The lowest BCUT2D eigenvalue weighted by atomic mass is 10.1. The molecule has 1 aliphatic rings. The second-order valence-corrected chi connectivity index (χ2v) is 8.58. The zero-order valence-electron chi connectivity index (χ0n) is 13.7. The Hall–Kier alpha value is -1.24. The Balaban J connectivity index is 2.13. The van der Waals surface area contributed by atoms with Crippen LogP contribution in [0, 0.1) is 0 Å². The molecule has 22 heavy (non-hydrogen) atoms. The highest BCUT2D eigenvalue weighted by Gasteiger charge is 2.32. The van der Waals surface area contributed by atoms with E-state index in [1.54, 1.807) is 12.1 Å². The molecule has 0 aliphatic carbocycles. The second kappa shape index (κ2) is 6.10. The molecule has 1 aromatic carbocycles. The van der Waals surface area contributed by atoms with Crippen LogP contribution in [0.2, 0.25) is 0 Å². The number of Topliss-reactive ketones (excluding diaryl/α,β-unsaturated/α-hetero) is 1. The fraction of sp³-hybridized carbons (Fsp3) is 0.562. The molecule has 0 amide bonds. The number of rotatable bonds is 3. The van der Waals surface area contributed by atoms with Gasteiger partial charge in [0.25, 0.3) is 0 Å². The lowest BCUT2D eigenvalue weighted by Gasteiger charge is -2.41.